The summed E-state index contributed by atoms with van der Waals surface area (Å²) in [6, 6.07) is 80.0. The Morgan fingerprint density at radius 3 is 1.54 bits per heavy atom. The van der Waals surface area contributed by atoms with Gasteiger partial charge in [-0.15, -0.1) is 0 Å². The molecule has 9 aromatic carbocycles. The van der Waals surface area contributed by atoms with Crippen LogP contribution in [-0.4, -0.2) is 0 Å². The van der Waals surface area contributed by atoms with Gasteiger partial charge in [0, 0.05) is 33.3 Å². The molecule has 2 heteroatoms. The van der Waals surface area contributed by atoms with Crippen LogP contribution in [0.15, 0.2) is 229 Å². The lowest BCUT2D eigenvalue weighted by atomic mass is 9.88. The van der Waals surface area contributed by atoms with Gasteiger partial charge in [0.1, 0.15) is 11.2 Å². The van der Waals surface area contributed by atoms with Gasteiger partial charge >= 0.3 is 0 Å². The maximum absolute atomic E-state index is 6.49. The summed E-state index contributed by atoms with van der Waals surface area (Å²) in [5.41, 5.74) is 16.7. The minimum atomic E-state index is 0.899. The highest BCUT2D eigenvalue weighted by atomic mass is 16.3. The molecular formula is C54H37NO. The number of rotatable bonds is 8. The topological polar surface area (TPSA) is 16.4 Å². The molecule has 0 N–H and O–H groups in total. The molecule has 0 bridgehead atoms. The lowest BCUT2D eigenvalue weighted by Gasteiger charge is -2.29. The number of hydrogen-bond donors (Lipinski definition) is 0. The van der Waals surface area contributed by atoms with E-state index < -0.39 is 0 Å². The second-order valence-electron chi connectivity index (χ2n) is 14.1. The number of furan rings is 1. The van der Waals surface area contributed by atoms with Gasteiger partial charge in [-0.1, -0.05) is 188 Å². The molecule has 264 valence electrons. The van der Waals surface area contributed by atoms with Gasteiger partial charge in [0.25, 0.3) is 0 Å². The normalized spacial score (nSPS) is 11.2. The average molecular weight is 716 g/mol. The number of benzene rings is 9. The van der Waals surface area contributed by atoms with Crippen molar-refractivity contribution in [2.75, 3.05) is 4.90 Å². The average Bonchev–Trinajstić information content (AvgIpc) is 3.67. The molecule has 0 spiro atoms. The molecular weight excluding hydrogens is 679 g/mol. The van der Waals surface area contributed by atoms with E-state index in [0.717, 1.165) is 55.7 Å². The summed E-state index contributed by atoms with van der Waals surface area (Å²) in [5.74, 6) is 0. The predicted octanol–water partition coefficient (Wildman–Crippen LogP) is 15.4. The zero-order valence-electron chi connectivity index (χ0n) is 30.7. The van der Waals surface area contributed by atoms with Crippen molar-refractivity contribution in [2.24, 2.45) is 0 Å². The molecule has 1 aromatic heterocycles. The molecule has 0 atom stereocenters. The Morgan fingerprint density at radius 2 is 0.768 bits per heavy atom. The van der Waals surface area contributed by atoms with Crippen molar-refractivity contribution in [2.45, 2.75) is 0 Å². The second kappa shape index (κ2) is 14.4. The minimum absolute atomic E-state index is 0.899. The zero-order chi connectivity index (χ0) is 37.3. The van der Waals surface area contributed by atoms with Gasteiger partial charge in [-0.05, 0) is 80.9 Å². The highest BCUT2D eigenvalue weighted by molar-refractivity contribution is 6.09. The van der Waals surface area contributed by atoms with Crippen molar-refractivity contribution in [1.29, 1.82) is 0 Å². The summed E-state index contributed by atoms with van der Waals surface area (Å²) in [7, 11) is 0. The van der Waals surface area contributed by atoms with E-state index in [2.05, 4.69) is 217 Å². The van der Waals surface area contributed by atoms with Crippen molar-refractivity contribution in [3.05, 3.63) is 224 Å². The first-order valence-corrected chi connectivity index (χ1v) is 19.1. The van der Waals surface area contributed by atoms with Crippen LogP contribution in [0, 0.1) is 0 Å². The fraction of sp³-hybridized carbons (Fsp3) is 0. The van der Waals surface area contributed by atoms with E-state index >= 15 is 0 Å². The summed E-state index contributed by atoms with van der Waals surface area (Å²) in [6.07, 6.45) is 0. The Bertz CT molecular complexity index is 2960. The Balaban J connectivity index is 1.10. The molecule has 0 amide bonds. The second-order valence-corrected chi connectivity index (χ2v) is 14.1. The van der Waals surface area contributed by atoms with Gasteiger partial charge in [-0.2, -0.15) is 0 Å². The first kappa shape index (κ1) is 33.2. The predicted molar refractivity (Wildman–Crippen MR) is 236 cm³/mol. The first-order chi connectivity index (χ1) is 27.8. The summed E-state index contributed by atoms with van der Waals surface area (Å²) in [4.78, 5) is 2.38. The van der Waals surface area contributed by atoms with Crippen LogP contribution in [0.3, 0.4) is 0 Å². The molecule has 10 rings (SSSR count). The molecule has 56 heavy (non-hydrogen) atoms. The molecule has 0 aliphatic heterocycles. The van der Waals surface area contributed by atoms with Gasteiger partial charge in [0.05, 0.1) is 5.69 Å². The number of anilines is 3. The van der Waals surface area contributed by atoms with E-state index in [-0.39, 0.29) is 0 Å². The van der Waals surface area contributed by atoms with E-state index in [1.165, 1.54) is 38.9 Å². The molecule has 0 aliphatic rings. The Hall–Kier alpha value is -7.42. The summed E-state index contributed by atoms with van der Waals surface area (Å²) < 4.78 is 6.49. The van der Waals surface area contributed by atoms with Crippen LogP contribution in [-0.2, 0) is 0 Å². The molecule has 1 heterocycles. The van der Waals surface area contributed by atoms with E-state index in [9.17, 15) is 0 Å². The Kier molecular flexibility index (Phi) is 8.55. The third-order valence-corrected chi connectivity index (χ3v) is 10.7. The van der Waals surface area contributed by atoms with Crippen molar-refractivity contribution in [3.8, 4) is 55.6 Å². The quantitative estimate of drug-likeness (QED) is 0.156. The van der Waals surface area contributed by atoms with Crippen LogP contribution < -0.4 is 4.90 Å². The zero-order valence-corrected chi connectivity index (χ0v) is 30.7. The number of hydrogen-bond acceptors (Lipinski definition) is 2. The maximum atomic E-state index is 6.49. The summed E-state index contributed by atoms with van der Waals surface area (Å²) in [5, 5.41) is 2.25. The van der Waals surface area contributed by atoms with Crippen LogP contribution in [0.25, 0.3) is 77.6 Å². The molecule has 10 aromatic rings. The third-order valence-electron chi connectivity index (χ3n) is 10.7. The van der Waals surface area contributed by atoms with Crippen LogP contribution in [0.2, 0.25) is 0 Å². The molecule has 2 nitrogen and oxygen atoms in total. The van der Waals surface area contributed by atoms with Gasteiger partial charge in [0.2, 0.25) is 0 Å². The Labute approximate surface area is 327 Å². The lowest BCUT2D eigenvalue weighted by molar-refractivity contribution is 0.670. The monoisotopic (exact) mass is 715 g/mol. The highest BCUT2D eigenvalue weighted by Gasteiger charge is 2.21. The van der Waals surface area contributed by atoms with Gasteiger partial charge in [0.15, 0.2) is 0 Å². The van der Waals surface area contributed by atoms with Crippen LogP contribution in [0.1, 0.15) is 0 Å². The summed E-state index contributed by atoms with van der Waals surface area (Å²) >= 11 is 0. The summed E-state index contributed by atoms with van der Waals surface area (Å²) in [6.45, 7) is 0. The first-order valence-electron chi connectivity index (χ1n) is 19.1. The molecule has 0 radical (unpaired) electrons. The van der Waals surface area contributed by atoms with Gasteiger partial charge in [-0.3, -0.25) is 0 Å². The smallest absolute Gasteiger partial charge is 0.143 e. The SMILES string of the molecule is c1ccc(-c2ccc(-c3ccccc3-c3ccccc3-c3ccccc3N(c3ccccc3)c3cccc(-c4cccc5c4oc4ccccc45)c3)cc2)cc1. The number of para-hydroxylation sites is 4. The van der Waals surface area contributed by atoms with Crippen molar-refractivity contribution in [3.63, 3.8) is 0 Å². The van der Waals surface area contributed by atoms with Crippen LogP contribution in [0.4, 0.5) is 17.1 Å². The number of fused-ring (bicyclic) bond motifs is 3. The molecule has 0 fully saturated rings. The van der Waals surface area contributed by atoms with E-state index in [0.29, 0.717) is 0 Å². The number of nitrogens with zero attached hydrogens (tertiary/aromatic N) is 1. The van der Waals surface area contributed by atoms with E-state index in [4.69, 9.17) is 4.42 Å². The van der Waals surface area contributed by atoms with Gasteiger partial charge in [-0.25, -0.2) is 0 Å². The van der Waals surface area contributed by atoms with Crippen LogP contribution >= 0.6 is 0 Å². The molecule has 0 unspecified atom stereocenters. The highest BCUT2D eigenvalue weighted by Crippen LogP contribution is 2.46. The lowest BCUT2D eigenvalue weighted by Crippen LogP contribution is -2.11. The van der Waals surface area contributed by atoms with Crippen molar-refractivity contribution < 1.29 is 4.42 Å². The minimum Gasteiger partial charge on any atom is -0.455 e. The third kappa shape index (κ3) is 6.04. The largest absolute Gasteiger partial charge is 0.455 e. The van der Waals surface area contributed by atoms with E-state index in [1.807, 2.05) is 12.1 Å². The fourth-order valence-corrected chi connectivity index (χ4v) is 8.08. The molecule has 0 aliphatic carbocycles. The molecule has 0 saturated heterocycles. The maximum Gasteiger partial charge on any atom is 0.143 e. The fourth-order valence-electron chi connectivity index (χ4n) is 8.08. The van der Waals surface area contributed by atoms with Crippen molar-refractivity contribution in [1.82, 2.24) is 0 Å². The Morgan fingerprint density at radius 1 is 0.286 bits per heavy atom. The van der Waals surface area contributed by atoms with Crippen molar-refractivity contribution >= 4 is 39.0 Å². The standard InChI is InChI=1S/C54H37NO/c1-3-17-38(18-4-1)39-33-35-40(36-34-39)44-23-7-8-24-46(44)47-25-9-10-26-48(47)49-27-11-13-31-52(49)55(42-20-5-2-6-21-42)43-22-15-19-41(37-43)45-29-16-30-51-50-28-12-14-32-53(50)56-54(45)51/h1-37H. The van der Waals surface area contributed by atoms with Gasteiger partial charge < -0.3 is 9.32 Å². The van der Waals surface area contributed by atoms with Crippen LogP contribution in [0.5, 0.6) is 0 Å². The molecule has 0 saturated carbocycles. The van der Waals surface area contributed by atoms with E-state index in [1.54, 1.807) is 0 Å².